The first-order valence-electron chi connectivity index (χ1n) is 12.8. The Morgan fingerprint density at radius 2 is 1.82 bits per heavy atom. The van der Waals surface area contributed by atoms with Crippen molar-refractivity contribution in [3.63, 3.8) is 0 Å². The molecule has 3 aromatic rings. The van der Waals surface area contributed by atoms with Crippen LogP contribution in [0.3, 0.4) is 0 Å². The largest absolute Gasteiger partial charge is 0.495 e. The number of alkyl halides is 3. The SMILES string of the molecule is CCOc1cc(/C=C2\SC(=O)N(CC(=O)Nc3cc(C(F)(F)F)ccc3OC)C2=O)c(Br)cc1OCc1ccccc1C#N. The fraction of sp³-hybridized carbons (Fsp3) is 0.200. The number of rotatable bonds is 10. The lowest BCUT2D eigenvalue weighted by Gasteiger charge is -2.16. The topological polar surface area (TPSA) is 118 Å². The maximum absolute atomic E-state index is 13.2. The molecular formula is C30H23BrF3N3O6S. The molecule has 1 fully saturated rings. The van der Waals surface area contributed by atoms with E-state index in [9.17, 15) is 32.8 Å². The Morgan fingerprint density at radius 3 is 2.50 bits per heavy atom. The molecule has 1 saturated heterocycles. The van der Waals surface area contributed by atoms with Crippen molar-refractivity contribution in [3.05, 3.63) is 86.2 Å². The summed E-state index contributed by atoms with van der Waals surface area (Å²) in [6.07, 6.45) is -3.22. The van der Waals surface area contributed by atoms with Gasteiger partial charge in [0.05, 0.1) is 41.5 Å². The molecule has 0 saturated carbocycles. The molecule has 0 bridgehead atoms. The first-order chi connectivity index (χ1) is 20.9. The normalized spacial score (nSPS) is 14.0. The quantitative estimate of drug-likeness (QED) is 0.226. The van der Waals surface area contributed by atoms with Gasteiger partial charge in [0.1, 0.15) is 18.9 Å². The zero-order valence-electron chi connectivity index (χ0n) is 23.2. The molecule has 0 aromatic heterocycles. The van der Waals surface area contributed by atoms with Gasteiger partial charge in [0.25, 0.3) is 11.1 Å². The standard InChI is InChI=1S/C30H23BrF3N3O6S/c1-3-42-24-10-19(21(31)13-25(24)43-16-18-7-5-4-6-17(18)14-35)11-26-28(39)37(29(40)44-26)15-27(38)36-22-12-20(30(32,33)34)8-9-23(22)41-2/h4-13H,3,15-16H2,1-2H3,(H,36,38)/b26-11-. The van der Waals surface area contributed by atoms with Crippen LogP contribution in [0.2, 0.25) is 0 Å². The van der Waals surface area contributed by atoms with E-state index in [1.54, 1.807) is 43.3 Å². The van der Waals surface area contributed by atoms with E-state index in [0.29, 0.717) is 62.0 Å². The third-order valence-electron chi connectivity index (χ3n) is 6.15. The number of methoxy groups -OCH3 is 1. The van der Waals surface area contributed by atoms with Crippen LogP contribution in [0.15, 0.2) is 64.0 Å². The van der Waals surface area contributed by atoms with Gasteiger partial charge >= 0.3 is 6.18 Å². The van der Waals surface area contributed by atoms with Gasteiger partial charge in [-0.1, -0.05) is 34.1 Å². The van der Waals surface area contributed by atoms with E-state index in [-0.39, 0.29) is 22.9 Å². The van der Waals surface area contributed by atoms with Crippen LogP contribution in [0.5, 0.6) is 17.2 Å². The van der Waals surface area contributed by atoms with Crippen LogP contribution in [0, 0.1) is 11.3 Å². The number of carbonyl (C=O) groups is 3. The second-order valence-electron chi connectivity index (χ2n) is 9.04. The Hall–Kier alpha value is -4.48. The highest BCUT2D eigenvalue weighted by atomic mass is 79.9. The van der Waals surface area contributed by atoms with Crippen molar-refractivity contribution >= 4 is 56.5 Å². The number of nitrogens with zero attached hydrogens (tertiary/aromatic N) is 2. The van der Waals surface area contributed by atoms with E-state index in [1.165, 1.54) is 13.2 Å². The number of nitriles is 1. The fourth-order valence-corrected chi connectivity index (χ4v) is 5.31. The zero-order chi connectivity index (χ0) is 32.0. The molecular weight excluding hydrogens is 667 g/mol. The minimum absolute atomic E-state index is 0.0132. The summed E-state index contributed by atoms with van der Waals surface area (Å²) >= 11 is 4.05. The van der Waals surface area contributed by atoms with Gasteiger partial charge in [0, 0.05) is 10.0 Å². The molecule has 0 spiro atoms. The minimum Gasteiger partial charge on any atom is -0.495 e. The van der Waals surface area contributed by atoms with Crippen LogP contribution in [0.4, 0.5) is 23.7 Å². The van der Waals surface area contributed by atoms with E-state index >= 15 is 0 Å². The first kappa shape index (κ1) is 32.4. The summed E-state index contributed by atoms with van der Waals surface area (Å²) in [7, 11) is 1.22. The molecule has 9 nitrogen and oxygen atoms in total. The predicted molar refractivity (Wildman–Crippen MR) is 160 cm³/mol. The first-order valence-corrected chi connectivity index (χ1v) is 14.4. The number of anilines is 1. The van der Waals surface area contributed by atoms with Crippen LogP contribution < -0.4 is 19.5 Å². The minimum atomic E-state index is -4.66. The highest BCUT2D eigenvalue weighted by Crippen LogP contribution is 2.39. The van der Waals surface area contributed by atoms with Crippen molar-refractivity contribution in [2.24, 2.45) is 0 Å². The molecule has 1 heterocycles. The molecule has 228 valence electrons. The number of hydrogen-bond acceptors (Lipinski definition) is 8. The fourth-order valence-electron chi connectivity index (χ4n) is 4.05. The Bertz CT molecular complexity index is 1690. The number of imide groups is 1. The van der Waals surface area contributed by atoms with Gasteiger partial charge < -0.3 is 19.5 Å². The van der Waals surface area contributed by atoms with Gasteiger partial charge in [0.15, 0.2) is 11.5 Å². The lowest BCUT2D eigenvalue weighted by Crippen LogP contribution is -2.36. The Labute approximate surface area is 262 Å². The second kappa shape index (κ2) is 13.9. The van der Waals surface area contributed by atoms with Crippen LogP contribution in [-0.2, 0) is 22.4 Å². The molecule has 0 aliphatic carbocycles. The van der Waals surface area contributed by atoms with Crippen molar-refractivity contribution < 1.29 is 41.8 Å². The van der Waals surface area contributed by atoms with Crippen molar-refractivity contribution in [1.82, 2.24) is 4.90 Å². The molecule has 3 aromatic carbocycles. The van der Waals surface area contributed by atoms with Crippen LogP contribution in [0.25, 0.3) is 6.08 Å². The van der Waals surface area contributed by atoms with Crippen molar-refractivity contribution in [3.8, 4) is 23.3 Å². The van der Waals surface area contributed by atoms with Crippen LogP contribution >= 0.6 is 27.7 Å². The van der Waals surface area contributed by atoms with Crippen molar-refractivity contribution in [1.29, 1.82) is 5.26 Å². The van der Waals surface area contributed by atoms with Gasteiger partial charge in [-0.15, -0.1) is 0 Å². The lowest BCUT2D eigenvalue weighted by atomic mass is 10.1. The van der Waals surface area contributed by atoms with E-state index < -0.39 is 35.3 Å². The second-order valence-corrected chi connectivity index (χ2v) is 10.9. The number of amides is 3. The monoisotopic (exact) mass is 689 g/mol. The molecule has 44 heavy (non-hydrogen) atoms. The highest BCUT2D eigenvalue weighted by molar-refractivity contribution is 9.10. The van der Waals surface area contributed by atoms with Gasteiger partial charge in [-0.3, -0.25) is 19.3 Å². The van der Waals surface area contributed by atoms with Crippen LogP contribution in [-0.4, -0.2) is 42.2 Å². The molecule has 1 N–H and O–H groups in total. The Kier molecular flexibility index (Phi) is 10.2. The van der Waals surface area contributed by atoms with Crippen LogP contribution in [0.1, 0.15) is 29.2 Å². The number of ether oxygens (including phenoxy) is 3. The number of hydrogen-bond donors (Lipinski definition) is 1. The molecule has 14 heteroatoms. The maximum Gasteiger partial charge on any atom is 0.416 e. The molecule has 4 rings (SSSR count). The van der Waals surface area contributed by atoms with Crippen molar-refractivity contribution in [2.45, 2.75) is 19.7 Å². The summed E-state index contributed by atoms with van der Waals surface area (Å²) in [5.41, 5.74) is 0.354. The molecule has 3 amide bonds. The Morgan fingerprint density at radius 1 is 1.09 bits per heavy atom. The molecule has 1 aliphatic rings. The van der Waals surface area contributed by atoms with E-state index in [0.717, 1.165) is 12.1 Å². The maximum atomic E-state index is 13.2. The van der Waals surface area contributed by atoms with E-state index in [2.05, 4.69) is 27.3 Å². The van der Waals surface area contributed by atoms with Gasteiger partial charge in [0.2, 0.25) is 5.91 Å². The summed E-state index contributed by atoms with van der Waals surface area (Å²) in [5, 5.41) is 10.9. The number of benzene rings is 3. The van der Waals surface area contributed by atoms with Gasteiger partial charge in [-0.25, -0.2) is 0 Å². The van der Waals surface area contributed by atoms with E-state index in [4.69, 9.17) is 14.2 Å². The summed E-state index contributed by atoms with van der Waals surface area (Å²) in [4.78, 5) is 39.1. The van der Waals surface area contributed by atoms with E-state index in [1.807, 2.05) is 0 Å². The zero-order valence-corrected chi connectivity index (χ0v) is 25.6. The molecule has 0 radical (unpaired) electrons. The molecule has 0 atom stereocenters. The Balaban J connectivity index is 1.51. The third-order valence-corrected chi connectivity index (χ3v) is 7.74. The average Bonchev–Trinajstić information content (AvgIpc) is 3.24. The number of nitrogens with one attached hydrogen (secondary N) is 1. The highest BCUT2D eigenvalue weighted by Gasteiger charge is 2.37. The molecule has 1 aliphatic heterocycles. The number of carbonyl (C=O) groups excluding carboxylic acids is 3. The predicted octanol–water partition coefficient (Wildman–Crippen LogP) is 7.00. The molecule has 0 unspecified atom stereocenters. The lowest BCUT2D eigenvalue weighted by molar-refractivity contribution is -0.137. The summed E-state index contributed by atoms with van der Waals surface area (Å²) in [6.45, 7) is 1.45. The summed E-state index contributed by atoms with van der Waals surface area (Å²) < 4.78 is 56.7. The van der Waals surface area contributed by atoms with Crippen molar-refractivity contribution in [2.75, 3.05) is 25.6 Å². The smallest absolute Gasteiger partial charge is 0.416 e. The summed E-state index contributed by atoms with van der Waals surface area (Å²) in [6, 6.07) is 14.9. The summed E-state index contributed by atoms with van der Waals surface area (Å²) in [5.74, 6) is -0.963. The number of thioether (sulfide) groups is 1. The van der Waals surface area contributed by atoms with Gasteiger partial charge in [-0.2, -0.15) is 18.4 Å². The van der Waals surface area contributed by atoms with Gasteiger partial charge in [-0.05, 0) is 66.7 Å². The average molecular weight is 690 g/mol. The third kappa shape index (κ3) is 7.53. The number of halogens is 4.